The summed E-state index contributed by atoms with van der Waals surface area (Å²) in [7, 11) is -2.27. The van der Waals surface area contributed by atoms with Crippen molar-refractivity contribution < 1.29 is 17.9 Å². The number of carbonyl (C=O) groups is 1. The number of rotatable bonds is 6. The van der Waals surface area contributed by atoms with Crippen molar-refractivity contribution in [3.63, 3.8) is 0 Å². The van der Waals surface area contributed by atoms with Gasteiger partial charge in [-0.1, -0.05) is 0 Å². The average molecular weight is 261 g/mol. The van der Waals surface area contributed by atoms with Crippen LogP contribution in [0.2, 0.25) is 0 Å². The summed E-state index contributed by atoms with van der Waals surface area (Å²) in [5.74, 6) is 0.168. The topological polar surface area (TPSA) is 101 Å². The summed E-state index contributed by atoms with van der Waals surface area (Å²) in [6, 6.07) is 0. The van der Waals surface area contributed by atoms with E-state index in [1.165, 1.54) is 13.3 Å². The van der Waals surface area contributed by atoms with Crippen molar-refractivity contribution in [3.05, 3.63) is 12.0 Å². The third-order valence-corrected chi connectivity index (χ3v) is 3.42. The van der Waals surface area contributed by atoms with Gasteiger partial charge in [0, 0.05) is 13.0 Å². The van der Waals surface area contributed by atoms with Crippen LogP contribution in [0.25, 0.3) is 0 Å². The Morgan fingerprint density at radius 1 is 1.59 bits per heavy atom. The summed E-state index contributed by atoms with van der Waals surface area (Å²) in [4.78, 5) is 17.2. The van der Waals surface area contributed by atoms with Crippen LogP contribution in [0.5, 0.6) is 0 Å². The van der Waals surface area contributed by atoms with Gasteiger partial charge in [0.25, 0.3) is 10.0 Å². The highest BCUT2D eigenvalue weighted by Gasteiger charge is 2.15. The number of hydrogen-bond donors (Lipinski definition) is 2. The standard InChI is InChI=1S/C9H15N3O4S/c1-7-10-6-8(12-7)17(14,15)11-5-3-4-9(13)16-2/h6,11H,3-5H2,1-2H3,(H,10,12). The number of nitrogens with one attached hydrogen (secondary N) is 2. The van der Waals surface area contributed by atoms with Gasteiger partial charge in [0.1, 0.15) is 5.82 Å². The molecular formula is C9H15N3O4S. The van der Waals surface area contributed by atoms with E-state index in [0.717, 1.165) is 0 Å². The zero-order valence-electron chi connectivity index (χ0n) is 9.69. The van der Waals surface area contributed by atoms with Gasteiger partial charge in [0.05, 0.1) is 13.3 Å². The fraction of sp³-hybridized carbons (Fsp3) is 0.556. The fourth-order valence-electron chi connectivity index (χ4n) is 1.15. The molecule has 0 aliphatic carbocycles. The molecule has 0 spiro atoms. The zero-order valence-corrected chi connectivity index (χ0v) is 10.5. The lowest BCUT2D eigenvalue weighted by atomic mass is 10.3. The predicted octanol–water partition coefficient (Wildman–Crippen LogP) is -0.0504. The molecule has 0 fully saturated rings. The highest BCUT2D eigenvalue weighted by Crippen LogP contribution is 2.04. The predicted molar refractivity (Wildman–Crippen MR) is 59.8 cm³/mol. The van der Waals surface area contributed by atoms with Crippen LogP contribution >= 0.6 is 0 Å². The first-order chi connectivity index (χ1) is 7.95. The van der Waals surface area contributed by atoms with E-state index in [9.17, 15) is 13.2 Å². The number of carbonyl (C=O) groups excluding carboxylic acids is 1. The first-order valence-corrected chi connectivity index (χ1v) is 6.52. The normalized spacial score (nSPS) is 11.4. The third kappa shape index (κ3) is 4.16. The summed E-state index contributed by atoms with van der Waals surface area (Å²) in [5.41, 5.74) is 0. The molecule has 0 saturated heterocycles. The van der Waals surface area contributed by atoms with Gasteiger partial charge in [-0.3, -0.25) is 4.79 Å². The van der Waals surface area contributed by atoms with E-state index in [-0.39, 0.29) is 24.0 Å². The molecule has 1 rings (SSSR count). The highest BCUT2D eigenvalue weighted by molar-refractivity contribution is 7.89. The Morgan fingerprint density at radius 3 is 2.82 bits per heavy atom. The van der Waals surface area contributed by atoms with Crippen LogP contribution in [-0.4, -0.2) is 38.0 Å². The number of imidazole rings is 1. The maximum atomic E-state index is 11.7. The molecule has 17 heavy (non-hydrogen) atoms. The summed E-state index contributed by atoms with van der Waals surface area (Å²) >= 11 is 0. The number of H-pyrrole nitrogens is 1. The molecule has 0 bridgehead atoms. The van der Waals surface area contributed by atoms with E-state index in [0.29, 0.717) is 12.2 Å². The van der Waals surface area contributed by atoms with Gasteiger partial charge in [-0.15, -0.1) is 0 Å². The Balaban J connectivity index is 2.43. The van der Waals surface area contributed by atoms with E-state index in [1.807, 2.05) is 0 Å². The lowest BCUT2D eigenvalue weighted by molar-refractivity contribution is -0.140. The maximum absolute atomic E-state index is 11.7. The lowest BCUT2D eigenvalue weighted by Crippen LogP contribution is -2.25. The minimum absolute atomic E-state index is 0.0214. The number of methoxy groups -OCH3 is 1. The van der Waals surface area contributed by atoms with Crippen LogP contribution in [0, 0.1) is 6.92 Å². The van der Waals surface area contributed by atoms with Crippen molar-refractivity contribution in [2.45, 2.75) is 24.8 Å². The van der Waals surface area contributed by atoms with E-state index in [1.54, 1.807) is 6.92 Å². The number of aromatic amines is 1. The van der Waals surface area contributed by atoms with Gasteiger partial charge in [0.15, 0.2) is 5.03 Å². The number of aryl methyl sites for hydroxylation is 1. The van der Waals surface area contributed by atoms with Crippen LogP contribution in [0.4, 0.5) is 0 Å². The Bertz CT molecular complexity index is 480. The molecule has 0 saturated carbocycles. The van der Waals surface area contributed by atoms with Crippen LogP contribution in [0.1, 0.15) is 18.7 Å². The van der Waals surface area contributed by atoms with Crippen molar-refractivity contribution in [1.29, 1.82) is 0 Å². The minimum Gasteiger partial charge on any atom is -0.469 e. The first-order valence-electron chi connectivity index (χ1n) is 5.04. The zero-order chi connectivity index (χ0) is 12.9. The van der Waals surface area contributed by atoms with Crippen LogP contribution in [0.15, 0.2) is 11.2 Å². The number of ether oxygens (including phenoxy) is 1. The van der Waals surface area contributed by atoms with Crippen molar-refractivity contribution >= 4 is 16.0 Å². The van der Waals surface area contributed by atoms with E-state index < -0.39 is 10.0 Å². The van der Waals surface area contributed by atoms with Crippen molar-refractivity contribution in [2.75, 3.05) is 13.7 Å². The maximum Gasteiger partial charge on any atom is 0.305 e. The van der Waals surface area contributed by atoms with E-state index >= 15 is 0 Å². The Kier molecular flexibility index (Phi) is 4.64. The van der Waals surface area contributed by atoms with Crippen molar-refractivity contribution in [1.82, 2.24) is 14.7 Å². The van der Waals surface area contributed by atoms with E-state index in [2.05, 4.69) is 19.4 Å². The molecule has 7 nitrogen and oxygen atoms in total. The average Bonchev–Trinajstić information content (AvgIpc) is 2.71. The van der Waals surface area contributed by atoms with Crippen LogP contribution in [-0.2, 0) is 19.6 Å². The largest absolute Gasteiger partial charge is 0.469 e. The summed E-state index contributed by atoms with van der Waals surface area (Å²) in [6.07, 6.45) is 1.82. The molecule has 0 amide bonds. The Morgan fingerprint density at radius 2 is 2.29 bits per heavy atom. The number of aromatic nitrogens is 2. The molecule has 0 aliphatic heterocycles. The van der Waals surface area contributed by atoms with Crippen molar-refractivity contribution in [2.24, 2.45) is 0 Å². The second kappa shape index (κ2) is 5.78. The van der Waals surface area contributed by atoms with Crippen LogP contribution < -0.4 is 4.72 Å². The Hall–Kier alpha value is -1.41. The molecule has 0 radical (unpaired) electrons. The molecule has 0 unspecified atom stereocenters. The summed E-state index contributed by atoms with van der Waals surface area (Å²) in [6.45, 7) is 1.84. The van der Waals surface area contributed by atoms with Crippen LogP contribution in [0.3, 0.4) is 0 Å². The molecule has 1 aromatic heterocycles. The van der Waals surface area contributed by atoms with Gasteiger partial charge >= 0.3 is 5.97 Å². The quantitative estimate of drug-likeness (QED) is 0.552. The highest BCUT2D eigenvalue weighted by atomic mass is 32.2. The van der Waals surface area contributed by atoms with Gasteiger partial charge in [-0.05, 0) is 13.3 Å². The molecule has 8 heteroatoms. The fourth-order valence-corrected chi connectivity index (χ4v) is 2.20. The van der Waals surface area contributed by atoms with Gasteiger partial charge < -0.3 is 9.72 Å². The molecule has 2 N–H and O–H groups in total. The second-order valence-electron chi connectivity index (χ2n) is 3.41. The summed E-state index contributed by atoms with van der Waals surface area (Å²) < 4.78 is 30.1. The van der Waals surface area contributed by atoms with Gasteiger partial charge in [-0.2, -0.15) is 0 Å². The molecule has 0 atom stereocenters. The SMILES string of the molecule is COC(=O)CCCNS(=O)(=O)c1cnc(C)[nH]1. The molecular weight excluding hydrogens is 246 g/mol. The first kappa shape index (κ1) is 13.7. The monoisotopic (exact) mass is 261 g/mol. The minimum atomic E-state index is -3.56. The Labute approximate surface area is 99.6 Å². The van der Waals surface area contributed by atoms with Gasteiger partial charge in [-0.25, -0.2) is 18.1 Å². The molecule has 96 valence electrons. The second-order valence-corrected chi connectivity index (χ2v) is 5.15. The summed E-state index contributed by atoms with van der Waals surface area (Å²) in [5, 5.41) is 0.0214. The molecule has 0 aliphatic rings. The molecule has 1 aromatic rings. The van der Waals surface area contributed by atoms with E-state index in [4.69, 9.17) is 0 Å². The molecule has 1 heterocycles. The van der Waals surface area contributed by atoms with Gasteiger partial charge in [0.2, 0.25) is 0 Å². The smallest absolute Gasteiger partial charge is 0.305 e. The lowest BCUT2D eigenvalue weighted by Gasteiger charge is -2.03. The number of nitrogens with zero attached hydrogens (tertiary/aromatic N) is 1. The number of esters is 1. The molecule has 0 aromatic carbocycles. The number of hydrogen-bond acceptors (Lipinski definition) is 5. The van der Waals surface area contributed by atoms with Crippen molar-refractivity contribution in [3.8, 4) is 0 Å². The third-order valence-electron chi connectivity index (χ3n) is 2.05. The number of sulfonamides is 1.